The average molecular weight is 499 g/mol. The van der Waals surface area contributed by atoms with Crippen molar-refractivity contribution in [2.24, 2.45) is 5.10 Å². The summed E-state index contributed by atoms with van der Waals surface area (Å²) in [7, 11) is 3.32. The molecule has 3 aromatic carbocycles. The lowest BCUT2D eigenvalue weighted by atomic mass is 9.97. The van der Waals surface area contributed by atoms with Crippen molar-refractivity contribution in [3.8, 4) is 11.5 Å². The van der Waals surface area contributed by atoms with Crippen LogP contribution >= 0.6 is 0 Å². The van der Waals surface area contributed by atoms with Crippen molar-refractivity contribution in [2.75, 3.05) is 46.9 Å². The van der Waals surface area contributed by atoms with Crippen LogP contribution in [-0.4, -0.2) is 73.4 Å². The molecule has 0 spiro atoms. The summed E-state index contributed by atoms with van der Waals surface area (Å²) in [5, 5.41) is 6.52. The molecule has 192 valence electrons. The van der Waals surface area contributed by atoms with Crippen molar-refractivity contribution in [1.82, 2.24) is 14.8 Å². The summed E-state index contributed by atoms with van der Waals surface area (Å²) in [5.41, 5.74) is 4.17. The number of carbonyl (C=O) groups excluding carboxylic acids is 1. The van der Waals surface area contributed by atoms with Gasteiger partial charge < -0.3 is 9.47 Å². The van der Waals surface area contributed by atoms with E-state index in [0.29, 0.717) is 13.0 Å². The van der Waals surface area contributed by atoms with Gasteiger partial charge in [-0.3, -0.25) is 14.6 Å². The number of para-hydroxylation sites is 1. The van der Waals surface area contributed by atoms with Gasteiger partial charge in [0.25, 0.3) is 5.91 Å². The summed E-state index contributed by atoms with van der Waals surface area (Å²) in [6.07, 6.45) is 0.628. The highest BCUT2D eigenvalue weighted by atomic mass is 16.5. The molecule has 0 aliphatic carbocycles. The van der Waals surface area contributed by atoms with E-state index in [9.17, 15) is 4.79 Å². The van der Waals surface area contributed by atoms with Crippen LogP contribution in [0.2, 0.25) is 0 Å². The standard InChI is InChI=1S/C30H34N4O3/c1-36-25-14-12-24(13-15-25)27-20-28(26-10-6-7-11-29(26)37-2)34(31-27)30(35)22-33-18-16-32(17-19-33)21-23-8-4-3-5-9-23/h3-15,28H,16-22H2,1-2H3. The minimum Gasteiger partial charge on any atom is -0.497 e. The van der Waals surface area contributed by atoms with Crippen LogP contribution in [0.25, 0.3) is 0 Å². The SMILES string of the molecule is COc1ccc(C2=NN(C(=O)CN3CCN(Cc4ccccc4)CC3)C(c3ccccc3OC)C2)cc1. The number of benzene rings is 3. The Kier molecular flexibility index (Phi) is 7.82. The molecule has 3 aromatic rings. The number of hydrogen-bond acceptors (Lipinski definition) is 6. The van der Waals surface area contributed by atoms with Crippen LogP contribution in [-0.2, 0) is 11.3 Å². The molecule has 0 bridgehead atoms. The molecule has 5 rings (SSSR count). The maximum atomic E-state index is 13.6. The van der Waals surface area contributed by atoms with Gasteiger partial charge in [-0.25, -0.2) is 5.01 Å². The number of methoxy groups -OCH3 is 2. The third-order valence-corrected chi connectivity index (χ3v) is 7.16. The van der Waals surface area contributed by atoms with Crippen LogP contribution in [0.4, 0.5) is 0 Å². The fraction of sp³-hybridized carbons (Fsp3) is 0.333. The average Bonchev–Trinajstić information content (AvgIpc) is 3.40. The Morgan fingerprint density at radius 1 is 0.838 bits per heavy atom. The Balaban J connectivity index is 1.29. The maximum absolute atomic E-state index is 13.6. The first kappa shape index (κ1) is 25.0. The minimum atomic E-state index is -0.208. The molecule has 0 radical (unpaired) electrons. The number of hydrazone groups is 1. The molecule has 1 saturated heterocycles. The Bertz CT molecular complexity index is 1220. The third kappa shape index (κ3) is 5.84. The van der Waals surface area contributed by atoms with Crippen LogP contribution in [0.3, 0.4) is 0 Å². The lowest BCUT2D eigenvalue weighted by molar-refractivity contribution is -0.134. The minimum absolute atomic E-state index is 0.0101. The summed E-state index contributed by atoms with van der Waals surface area (Å²) in [4.78, 5) is 18.3. The van der Waals surface area contributed by atoms with Crippen LogP contribution < -0.4 is 9.47 Å². The summed E-state index contributed by atoms with van der Waals surface area (Å²) >= 11 is 0. The second-order valence-corrected chi connectivity index (χ2v) is 9.51. The van der Waals surface area contributed by atoms with Gasteiger partial charge in [-0.1, -0.05) is 48.5 Å². The van der Waals surface area contributed by atoms with Gasteiger partial charge >= 0.3 is 0 Å². The zero-order chi connectivity index (χ0) is 25.6. The summed E-state index contributed by atoms with van der Waals surface area (Å²) in [6.45, 7) is 4.91. The monoisotopic (exact) mass is 498 g/mol. The molecule has 2 heterocycles. The molecular formula is C30H34N4O3. The molecule has 1 fully saturated rings. The van der Waals surface area contributed by atoms with Crippen molar-refractivity contribution in [2.45, 2.75) is 19.0 Å². The molecular weight excluding hydrogens is 464 g/mol. The van der Waals surface area contributed by atoms with E-state index < -0.39 is 0 Å². The Labute approximate surface area is 218 Å². The number of piperazine rings is 1. The molecule has 7 heteroatoms. The van der Waals surface area contributed by atoms with Crippen LogP contribution in [0.5, 0.6) is 11.5 Å². The zero-order valence-electron chi connectivity index (χ0n) is 21.5. The number of carbonyl (C=O) groups is 1. The largest absolute Gasteiger partial charge is 0.497 e. The van der Waals surface area contributed by atoms with E-state index >= 15 is 0 Å². The molecule has 1 unspecified atom stereocenters. The Hall–Kier alpha value is -3.68. The molecule has 1 atom stereocenters. The van der Waals surface area contributed by atoms with Gasteiger partial charge in [-0.15, -0.1) is 0 Å². The summed E-state index contributed by atoms with van der Waals surface area (Å²) < 4.78 is 11.0. The van der Waals surface area contributed by atoms with E-state index in [1.54, 1.807) is 19.2 Å². The van der Waals surface area contributed by atoms with E-state index in [2.05, 4.69) is 34.1 Å². The van der Waals surface area contributed by atoms with Crippen LogP contribution in [0.1, 0.15) is 29.2 Å². The first-order valence-electron chi connectivity index (χ1n) is 12.8. The zero-order valence-corrected chi connectivity index (χ0v) is 21.5. The van der Waals surface area contributed by atoms with E-state index in [4.69, 9.17) is 14.6 Å². The lowest BCUT2D eigenvalue weighted by Crippen LogP contribution is -2.49. The maximum Gasteiger partial charge on any atom is 0.257 e. The quantitative estimate of drug-likeness (QED) is 0.466. The number of hydrogen-bond donors (Lipinski definition) is 0. The highest BCUT2D eigenvalue weighted by molar-refractivity contribution is 6.03. The summed E-state index contributed by atoms with van der Waals surface area (Å²) in [6, 6.07) is 26.1. The summed E-state index contributed by atoms with van der Waals surface area (Å²) in [5.74, 6) is 1.57. The van der Waals surface area contributed by atoms with Gasteiger partial charge in [-0.2, -0.15) is 5.10 Å². The van der Waals surface area contributed by atoms with Crippen molar-refractivity contribution in [3.63, 3.8) is 0 Å². The van der Waals surface area contributed by atoms with Gasteiger partial charge in [0.15, 0.2) is 0 Å². The first-order valence-corrected chi connectivity index (χ1v) is 12.8. The van der Waals surface area contributed by atoms with E-state index in [1.165, 1.54) is 5.56 Å². The molecule has 0 aromatic heterocycles. The second-order valence-electron chi connectivity index (χ2n) is 9.51. The number of amides is 1. The first-order chi connectivity index (χ1) is 18.1. The van der Waals surface area contributed by atoms with Crippen LogP contribution in [0.15, 0.2) is 84.0 Å². The van der Waals surface area contributed by atoms with Gasteiger partial charge in [0.1, 0.15) is 11.5 Å². The van der Waals surface area contributed by atoms with Crippen molar-refractivity contribution < 1.29 is 14.3 Å². The predicted octanol–water partition coefficient (Wildman–Crippen LogP) is 4.20. The van der Waals surface area contributed by atoms with Crippen molar-refractivity contribution in [3.05, 3.63) is 95.6 Å². The molecule has 1 amide bonds. The highest BCUT2D eigenvalue weighted by Crippen LogP contribution is 2.37. The molecule has 0 saturated carbocycles. The molecule has 2 aliphatic rings. The smallest absolute Gasteiger partial charge is 0.257 e. The van der Waals surface area contributed by atoms with E-state index in [1.807, 2.05) is 54.6 Å². The number of nitrogens with zero attached hydrogens (tertiary/aromatic N) is 4. The van der Waals surface area contributed by atoms with Crippen LogP contribution in [0, 0.1) is 0 Å². The third-order valence-electron chi connectivity index (χ3n) is 7.16. The van der Waals surface area contributed by atoms with Gasteiger partial charge in [0.2, 0.25) is 0 Å². The van der Waals surface area contributed by atoms with Crippen molar-refractivity contribution >= 4 is 11.6 Å². The van der Waals surface area contributed by atoms with Gasteiger partial charge in [-0.05, 0) is 41.5 Å². The number of ether oxygens (including phenoxy) is 2. The Morgan fingerprint density at radius 3 is 2.22 bits per heavy atom. The molecule has 0 N–H and O–H groups in total. The fourth-order valence-electron chi connectivity index (χ4n) is 5.09. The van der Waals surface area contributed by atoms with Gasteiger partial charge in [0.05, 0.1) is 32.5 Å². The van der Waals surface area contributed by atoms with Gasteiger partial charge in [0, 0.05) is 44.7 Å². The molecule has 37 heavy (non-hydrogen) atoms. The predicted molar refractivity (Wildman–Crippen MR) is 145 cm³/mol. The Morgan fingerprint density at radius 2 is 1.51 bits per heavy atom. The highest BCUT2D eigenvalue weighted by Gasteiger charge is 2.35. The normalized spacial score (nSPS) is 18.5. The topological polar surface area (TPSA) is 57.6 Å². The molecule has 2 aliphatic heterocycles. The number of rotatable bonds is 8. The van der Waals surface area contributed by atoms with E-state index in [0.717, 1.165) is 61.1 Å². The van der Waals surface area contributed by atoms with Crippen molar-refractivity contribution in [1.29, 1.82) is 0 Å². The molecule has 7 nitrogen and oxygen atoms in total. The van der Waals surface area contributed by atoms with E-state index in [-0.39, 0.29) is 11.9 Å². The second kappa shape index (κ2) is 11.6. The fourth-order valence-corrected chi connectivity index (χ4v) is 5.09. The lowest BCUT2D eigenvalue weighted by Gasteiger charge is -2.35.